The molecule has 0 unspecified atom stereocenters. The zero-order valence-electron chi connectivity index (χ0n) is 11.3. The van der Waals surface area contributed by atoms with Crippen LogP contribution in [-0.2, 0) is 10.0 Å². The molecule has 22 heavy (non-hydrogen) atoms. The van der Waals surface area contributed by atoms with Gasteiger partial charge in [0.25, 0.3) is 0 Å². The van der Waals surface area contributed by atoms with Gasteiger partial charge in [-0.2, -0.15) is 0 Å². The summed E-state index contributed by atoms with van der Waals surface area (Å²) in [5.41, 5.74) is 1.10. The Morgan fingerprint density at radius 3 is 2.27 bits per heavy atom. The van der Waals surface area contributed by atoms with Crippen LogP contribution in [0.4, 0.5) is 0 Å². The lowest BCUT2D eigenvalue weighted by Crippen LogP contribution is -2.12. The first-order valence-corrected chi connectivity index (χ1v) is 8.12. The highest BCUT2D eigenvalue weighted by molar-refractivity contribution is 7.89. The van der Waals surface area contributed by atoms with E-state index < -0.39 is 10.0 Å². The van der Waals surface area contributed by atoms with Crippen LogP contribution in [0.15, 0.2) is 68.3 Å². The van der Waals surface area contributed by atoms with Crippen molar-refractivity contribution >= 4 is 32.0 Å². The summed E-state index contributed by atoms with van der Waals surface area (Å²) < 4.78 is 35.4. The van der Waals surface area contributed by atoms with Crippen LogP contribution in [0.3, 0.4) is 0 Å². The van der Waals surface area contributed by atoms with E-state index in [1.165, 1.54) is 0 Å². The Kier molecular flexibility index (Phi) is 2.66. The molecule has 0 amide bonds. The van der Waals surface area contributed by atoms with Crippen molar-refractivity contribution in [1.29, 1.82) is 0 Å². The number of hydrogen-bond acceptors (Lipinski definition) is 4. The highest BCUT2D eigenvalue weighted by atomic mass is 32.2. The van der Waals surface area contributed by atoms with Crippen molar-refractivity contribution in [3.8, 4) is 11.5 Å². The number of rotatable bonds is 2. The van der Waals surface area contributed by atoms with E-state index in [0.29, 0.717) is 22.3 Å². The Morgan fingerprint density at radius 1 is 0.864 bits per heavy atom. The molecule has 0 radical (unpaired) electrons. The Hall–Kier alpha value is -2.57. The number of benzene rings is 2. The molecule has 2 heterocycles. The minimum atomic E-state index is -3.96. The third-order valence-electron chi connectivity index (χ3n) is 3.48. The fourth-order valence-electron chi connectivity index (χ4n) is 2.56. The summed E-state index contributed by atoms with van der Waals surface area (Å²) in [4.78, 5) is -0.0536. The number of nitrogens with two attached hydrogens (primary N) is 1. The van der Waals surface area contributed by atoms with E-state index in [1.807, 2.05) is 18.2 Å². The zero-order chi connectivity index (χ0) is 15.3. The predicted molar refractivity (Wildman–Crippen MR) is 82.8 cm³/mol. The molecule has 2 N–H and O–H groups in total. The van der Waals surface area contributed by atoms with Crippen molar-refractivity contribution in [2.45, 2.75) is 4.90 Å². The SMILES string of the molecule is NS(=O)(=O)c1c(-c2cc3ccccc3o2)oc2ccccc12. The van der Waals surface area contributed by atoms with E-state index in [-0.39, 0.29) is 10.7 Å². The smallest absolute Gasteiger partial charge is 0.242 e. The lowest BCUT2D eigenvalue weighted by Gasteiger charge is -1.97. The van der Waals surface area contributed by atoms with Gasteiger partial charge in [0.2, 0.25) is 10.0 Å². The summed E-state index contributed by atoms with van der Waals surface area (Å²) in [6.45, 7) is 0. The fraction of sp³-hybridized carbons (Fsp3) is 0. The average molecular weight is 313 g/mol. The molecule has 110 valence electrons. The van der Waals surface area contributed by atoms with Crippen molar-refractivity contribution in [3.05, 3.63) is 54.6 Å². The number of furan rings is 2. The van der Waals surface area contributed by atoms with Crippen LogP contribution in [0.25, 0.3) is 33.5 Å². The second-order valence-electron chi connectivity index (χ2n) is 4.95. The van der Waals surface area contributed by atoms with Gasteiger partial charge in [0.05, 0.1) is 0 Å². The van der Waals surface area contributed by atoms with Gasteiger partial charge in [-0.1, -0.05) is 30.3 Å². The number of para-hydroxylation sites is 2. The molecule has 0 atom stereocenters. The van der Waals surface area contributed by atoms with Gasteiger partial charge in [-0.05, 0) is 24.3 Å². The van der Waals surface area contributed by atoms with E-state index in [0.717, 1.165) is 5.39 Å². The number of hydrogen-bond donors (Lipinski definition) is 1. The van der Waals surface area contributed by atoms with Crippen LogP contribution in [0.5, 0.6) is 0 Å². The van der Waals surface area contributed by atoms with Crippen LogP contribution in [0, 0.1) is 0 Å². The molecular weight excluding hydrogens is 302 g/mol. The minimum absolute atomic E-state index is 0.0536. The summed E-state index contributed by atoms with van der Waals surface area (Å²) >= 11 is 0. The summed E-state index contributed by atoms with van der Waals surface area (Å²) in [6, 6.07) is 16.0. The fourth-order valence-corrected chi connectivity index (χ4v) is 3.44. The van der Waals surface area contributed by atoms with Gasteiger partial charge in [0.15, 0.2) is 11.5 Å². The summed E-state index contributed by atoms with van der Waals surface area (Å²) in [7, 11) is -3.96. The Balaban J connectivity index is 2.10. The summed E-state index contributed by atoms with van der Waals surface area (Å²) in [5, 5.41) is 6.67. The van der Waals surface area contributed by atoms with Crippen LogP contribution in [-0.4, -0.2) is 8.42 Å². The van der Waals surface area contributed by atoms with Gasteiger partial charge < -0.3 is 8.83 Å². The Labute approximate surface area is 126 Å². The van der Waals surface area contributed by atoms with Crippen LogP contribution >= 0.6 is 0 Å². The largest absolute Gasteiger partial charge is 0.453 e. The van der Waals surface area contributed by atoms with Gasteiger partial charge in [0.1, 0.15) is 16.1 Å². The second kappa shape index (κ2) is 4.46. The molecule has 2 aromatic heterocycles. The molecule has 5 nitrogen and oxygen atoms in total. The predicted octanol–water partition coefficient (Wildman–Crippen LogP) is 3.49. The van der Waals surface area contributed by atoms with Crippen LogP contribution < -0.4 is 5.14 Å². The van der Waals surface area contributed by atoms with E-state index in [1.54, 1.807) is 36.4 Å². The van der Waals surface area contributed by atoms with Crippen molar-refractivity contribution in [3.63, 3.8) is 0 Å². The zero-order valence-corrected chi connectivity index (χ0v) is 12.1. The molecule has 2 aromatic carbocycles. The molecule has 4 rings (SSSR count). The van der Waals surface area contributed by atoms with E-state index in [9.17, 15) is 8.42 Å². The van der Waals surface area contributed by atoms with Crippen molar-refractivity contribution in [2.75, 3.05) is 0 Å². The maximum absolute atomic E-state index is 12.0. The first-order chi connectivity index (χ1) is 10.5. The highest BCUT2D eigenvalue weighted by Crippen LogP contribution is 2.38. The van der Waals surface area contributed by atoms with Gasteiger partial charge in [-0.3, -0.25) is 0 Å². The average Bonchev–Trinajstić information content (AvgIpc) is 3.07. The van der Waals surface area contributed by atoms with Crippen molar-refractivity contribution in [2.24, 2.45) is 5.14 Å². The second-order valence-corrected chi connectivity index (χ2v) is 6.45. The molecule has 0 aliphatic heterocycles. The van der Waals surface area contributed by atoms with Gasteiger partial charge >= 0.3 is 0 Å². The lowest BCUT2D eigenvalue weighted by molar-refractivity contribution is 0.557. The third kappa shape index (κ3) is 1.93. The Morgan fingerprint density at radius 2 is 1.55 bits per heavy atom. The molecule has 0 fully saturated rings. The number of fused-ring (bicyclic) bond motifs is 2. The molecule has 0 spiro atoms. The molecule has 0 bridgehead atoms. The van der Waals surface area contributed by atoms with Crippen LogP contribution in [0.2, 0.25) is 0 Å². The monoisotopic (exact) mass is 313 g/mol. The van der Waals surface area contributed by atoms with Gasteiger partial charge in [0, 0.05) is 10.8 Å². The normalized spacial score (nSPS) is 12.2. The molecule has 0 aliphatic rings. The van der Waals surface area contributed by atoms with Gasteiger partial charge in [-0.15, -0.1) is 0 Å². The number of primary sulfonamides is 1. The van der Waals surface area contributed by atoms with E-state index in [2.05, 4.69) is 0 Å². The van der Waals surface area contributed by atoms with Gasteiger partial charge in [-0.25, -0.2) is 13.6 Å². The first-order valence-electron chi connectivity index (χ1n) is 6.57. The molecule has 0 saturated carbocycles. The molecule has 4 aromatic rings. The standard InChI is InChI=1S/C16H11NO4S/c17-22(18,19)16-11-6-2-4-8-13(11)21-15(16)14-9-10-5-1-3-7-12(10)20-14/h1-9H,(H2,17,18,19). The van der Waals surface area contributed by atoms with E-state index >= 15 is 0 Å². The maximum atomic E-state index is 12.0. The highest BCUT2D eigenvalue weighted by Gasteiger charge is 2.26. The minimum Gasteiger partial charge on any atom is -0.453 e. The van der Waals surface area contributed by atoms with E-state index in [4.69, 9.17) is 14.0 Å². The number of sulfonamides is 1. The first kappa shape index (κ1) is 13.1. The quantitative estimate of drug-likeness (QED) is 0.613. The summed E-state index contributed by atoms with van der Waals surface area (Å²) in [5.74, 6) is 0.460. The van der Waals surface area contributed by atoms with Crippen LogP contribution in [0.1, 0.15) is 0 Å². The Bertz CT molecular complexity index is 1070. The molecule has 0 aliphatic carbocycles. The molecule has 6 heteroatoms. The molecule has 0 saturated heterocycles. The molecular formula is C16H11NO4S. The maximum Gasteiger partial charge on any atom is 0.242 e. The van der Waals surface area contributed by atoms with Crippen molar-refractivity contribution in [1.82, 2.24) is 0 Å². The van der Waals surface area contributed by atoms with Crippen molar-refractivity contribution < 1.29 is 17.3 Å². The summed E-state index contributed by atoms with van der Waals surface area (Å²) in [6.07, 6.45) is 0. The lowest BCUT2D eigenvalue weighted by atomic mass is 10.2. The third-order valence-corrected chi connectivity index (χ3v) is 4.46. The topological polar surface area (TPSA) is 86.4 Å².